The highest BCUT2D eigenvalue weighted by Crippen LogP contribution is 2.16. The van der Waals surface area contributed by atoms with Crippen molar-refractivity contribution in [1.29, 1.82) is 0 Å². The first-order valence-electron chi connectivity index (χ1n) is 6.83. The number of urea groups is 1. The van der Waals surface area contributed by atoms with Crippen LogP contribution >= 0.6 is 0 Å². The Balaban J connectivity index is 1.73. The topological polar surface area (TPSA) is 70.4 Å². The molecule has 0 bridgehead atoms. The molecule has 0 saturated carbocycles. The predicted octanol–water partition coefficient (Wildman–Crippen LogP) is 0.685. The van der Waals surface area contributed by atoms with Gasteiger partial charge in [-0.2, -0.15) is 5.10 Å². The first-order chi connectivity index (χ1) is 9.20. The van der Waals surface area contributed by atoms with Gasteiger partial charge < -0.3 is 15.3 Å². The van der Waals surface area contributed by atoms with Crippen molar-refractivity contribution in [2.75, 3.05) is 19.7 Å². The lowest BCUT2D eigenvalue weighted by atomic mass is 10.2. The van der Waals surface area contributed by atoms with Gasteiger partial charge in [-0.3, -0.25) is 4.68 Å². The molecule has 106 valence electrons. The van der Waals surface area contributed by atoms with E-state index >= 15 is 0 Å². The number of carbonyl (C=O) groups is 1. The van der Waals surface area contributed by atoms with Gasteiger partial charge in [-0.25, -0.2) is 4.79 Å². The number of amides is 2. The van der Waals surface area contributed by atoms with Crippen LogP contribution < -0.4 is 5.32 Å². The van der Waals surface area contributed by atoms with Gasteiger partial charge in [0.25, 0.3) is 0 Å². The second-order valence-corrected chi connectivity index (χ2v) is 5.19. The molecule has 1 aromatic heterocycles. The lowest BCUT2D eigenvalue weighted by molar-refractivity contribution is 0.156. The zero-order valence-electron chi connectivity index (χ0n) is 11.3. The molecule has 0 aliphatic carbocycles. The highest BCUT2D eigenvalue weighted by atomic mass is 16.3. The van der Waals surface area contributed by atoms with Crippen molar-refractivity contribution in [3.05, 3.63) is 18.5 Å². The minimum absolute atomic E-state index is 0.0126. The van der Waals surface area contributed by atoms with Gasteiger partial charge in [-0.15, -0.1) is 0 Å². The summed E-state index contributed by atoms with van der Waals surface area (Å²) in [4.78, 5) is 13.7. The number of aliphatic hydroxyl groups is 1. The summed E-state index contributed by atoms with van der Waals surface area (Å²) in [5.41, 5.74) is 0. The second kappa shape index (κ2) is 6.56. The van der Waals surface area contributed by atoms with Gasteiger partial charge in [0.1, 0.15) is 0 Å². The first kappa shape index (κ1) is 13.9. The number of rotatable bonds is 5. The van der Waals surface area contributed by atoms with Crippen LogP contribution in [0.5, 0.6) is 0 Å². The van der Waals surface area contributed by atoms with Crippen molar-refractivity contribution in [1.82, 2.24) is 20.0 Å². The molecule has 1 aliphatic rings. The fourth-order valence-corrected chi connectivity index (χ4v) is 2.45. The number of hydrogen-bond acceptors (Lipinski definition) is 3. The largest absolute Gasteiger partial charge is 0.394 e. The molecule has 19 heavy (non-hydrogen) atoms. The van der Waals surface area contributed by atoms with E-state index in [1.807, 2.05) is 16.9 Å². The van der Waals surface area contributed by atoms with Crippen LogP contribution in [-0.2, 0) is 6.54 Å². The Kier molecular flexibility index (Phi) is 4.79. The molecular formula is C13H22N4O2. The predicted molar refractivity (Wildman–Crippen MR) is 71.6 cm³/mol. The smallest absolute Gasteiger partial charge is 0.317 e. The van der Waals surface area contributed by atoms with Gasteiger partial charge in [0.15, 0.2) is 0 Å². The third-order valence-corrected chi connectivity index (χ3v) is 3.51. The molecule has 2 heterocycles. The molecule has 1 unspecified atom stereocenters. The van der Waals surface area contributed by atoms with Crippen molar-refractivity contribution in [3.8, 4) is 0 Å². The molecular weight excluding hydrogens is 244 g/mol. The van der Waals surface area contributed by atoms with Crippen LogP contribution in [0.3, 0.4) is 0 Å². The Labute approximate surface area is 113 Å². The van der Waals surface area contributed by atoms with E-state index in [2.05, 4.69) is 17.3 Å². The molecule has 0 aromatic carbocycles. The van der Waals surface area contributed by atoms with Crippen molar-refractivity contribution < 1.29 is 9.90 Å². The standard InChI is InChI=1S/C13H22N4O2/c1-11(9-16-6-3-5-15-16)8-14-13(19)17-7-2-4-12(17)10-18/h3,5-6,11-12,18H,2,4,7-10H2,1H3,(H,14,19)/t11?,12-/m0/s1. The van der Waals surface area contributed by atoms with Gasteiger partial charge in [0.2, 0.25) is 0 Å². The van der Waals surface area contributed by atoms with E-state index in [-0.39, 0.29) is 18.7 Å². The van der Waals surface area contributed by atoms with Crippen LogP contribution in [0.25, 0.3) is 0 Å². The quantitative estimate of drug-likeness (QED) is 0.823. The summed E-state index contributed by atoms with van der Waals surface area (Å²) < 4.78 is 1.86. The van der Waals surface area contributed by atoms with Crippen LogP contribution in [0.1, 0.15) is 19.8 Å². The average Bonchev–Trinajstić information content (AvgIpc) is 3.06. The maximum Gasteiger partial charge on any atom is 0.317 e. The summed E-state index contributed by atoms with van der Waals surface area (Å²) in [5.74, 6) is 0.319. The van der Waals surface area contributed by atoms with E-state index in [1.54, 1.807) is 11.1 Å². The van der Waals surface area contributed by atoms with Crippen molar-refractivity contribution in [2.45, 2.75) is 32.4 Å². The first-order valence-corrected chi connectivity index (χ1v) is 6.83. The molecule has 0 radical (unpaired) electrons. The number of likely N-dealkylation sites (tertiary alicyclic amines) is 1. The minimum Gasteiger partial charge on any atom is -0.394 e. The summed E-state index contributed by atoms with van der Waals surface area (Å²) >= 11 is 0. The van der Waals surface area contributed by atoms with E-state index in [0.717, 1.165) is 25.9 Å². The van der Waals surface area contributed by atoms with Gasteiger partial charge in [0, 0.05) is 32.0 Å². The van der Waals surface area contributed by atoms with Gasteiger partial charge in [-0.05, 0) is 24.8 Å². The van der Waals surface area contributed by atoms with E-state index in [1.165, 1.54) is 0 Å². The molecule has 2 amide bonds. The highest BCUT2D eigenvalue weighted by molar-refractivity contribution is 5.74. The lowest BCUT2D eigenvalue weighted by Gasteiger charge is -2.24. The molecule has 6 heteroatoms. The Morgan fingerprint density at radius 2 is 2.47 bits per heavy atom. The lowest BCUT2D eigenvalue weighted by Crippen LogP contribution is -2.45. The zero-order chi connectivity index (χ0) is 13.7. The van der Waals surface area contributed by atoms with Gasteiger partial charge in [0.05, 0.1) is 12.6 Å². The van der Waals surface area contributed by atoms with Crippen LogP contribution in [0, 0.1) is 5.92 Å². The van der Waals surface area contributed by atoms with E-state index in [4.69, 9.17) is 0 Å². The SMILES string of the molecule is CC(CNC(=O)N1CCC[C@H]1CO)Cn1cccn1. The summed E-state index contributed by atoms with van der Waals surface area (Å²) in [6.07, 6.45) is 5.54. The number of carbonyl (C=O) groups excluding carboxylic acids is 1. The maximum absolute atomic E-state index is 12.0. The van der Waals surface area contributed by atoms with E-state index in [0.29, 0.717) is 12.5 Å². The number of hydrogen-bond donors (Lipinski definition) is 2. The van der Waals surface area contributed by atoms with Crippen molar-refractivity contribution in [2.24, 2.45) is 5.92 Å². The third-order valence-electron chi connectivity index (χ3n) is 3.51. The van der Waals surface area contributed by atoms with Crippen molar-refractivity contribution in [3.63, 3.8) is 0 Å². The summed E-state index contributed by atoms with van der Waals surface area (Å²) in [6, 6.07) is 1.81. The summed E-state index contributed by atoms with van der Waals surface area (Å²) in [6.45, 7) is 4.28. The molecule has 1 fully saturated rings. The molecule has 2 atom stereocenters. The van der Waals surface area contributed by atoms with Gasteiger partial charge in [-0.1, -0.05) is 6.92 Å². The molecule has 2 rings (SSSR count). The van der Waals surface area contributed by atoms with Gasteiger partial charge >= 0.3 is 6.03 Å². The Bertz CT molecular complexity index is 393. The van der Waals surface area contributed by atoms with Crippen LogP contribution in [-0.4, -0.2) is 51.6 Å². The Hall–Kier alpha value is -1.56. The molecule has 6 nitrogen and oxygen atoms in total. The van der Waals surface area contributed by atoms with Crippen molar-refractivity contribution >= 4 is 6.03 Å². The average molecular weight is 266 g/mol. The molecule has 1 aromatic rings. The normalized spacial score (nSPS) is 20.5. The number of aliphatic hydroxyl groups excluding tert-OH is 1. The van der Waals surface area contributed by atoms with Crippen LogP contribution in [0.2, 0.25) is 0 Å². The van der Waals surface area contributed by atoms with Crippen LogP contribution in [0.15, 0.2) is 18.5 Å². The number of aromatic nitrogens is 2. The molecule has 0 spiro atoms. The number of nitrogens with one attached hydrogen (secondary N) is 1. The second-order valence-electron chi connectivity index (χ2n) is 5.19. The summed E-state index contributed by atoms with van der Waals surface area (Å²) in [5, 5.41) is 16.3. The minimum atomic E-state index is -0.0659. The van der Waals surface area contributed by atoms with E-state index in [9.17, 15) is 9.90 Å². The fourth-order valence-electron chi connectivity index (χ4n) is 2.45. The monoisotopic (exact) mass is 266 g/mol. The fraction of sp³-hybridized carbons (Fsp3) is 0.692. The number of nitrogens with zero attached hydrogens (tertiary/aromatic N) is 3. The molecule has 2 N–H and O–H groups in total. The molecule has 1 saturated heterocycles. The summed E-state index contributed by atoms with van der Waals surface area (Å²) in [7, 11) is 0. The Morgan fingerprint density at radius 3 is 3.16 bits per heavy atom. The molecule has 1 aliphatic heterocycles. The third kappa shape index (κ3) is 3.70. The maximum atomic E-state index is 12.0. The zero-order valence-corrected chi connectivity index (χ0v) is 11.3. The van der Waals surface area contributed by atoms with Crippen LogP contribution in [0.4, 0.5) is 4.79 Å². The van der Waals surface area contributed by atoms with E-state index < -0.39 is 0 Å². The highest BCUT2D eigenvalue weighted by Gasteiger charge is 2.27. The Morgan fingerprint density at radius 1 is 1.63 bits per heavy atom.